The maximum atomic E-state index is 6.00. The van der Waals surface area contributed by atoms with E-state index in [0.717, 1.165) is 16.9 Å². The first-order valence-electron chi connectivity index (χ1n) is 5.37. The van der Waals surface area contributed by atoms with Crippen molar-refractivity contribution in [2.24, 2.45) is 0 Å². The van der Waals surface area contributed by atoms with E-state index in [1.807, 2.05) is 30.3 Å². The second-order valence-corrected chi connectivity index (χ2v) is 4.44. The number of rotatable bonds is 4. The number of alkyl halides is 1. The van der Waals surface area contributed by atoms with Gasteiger partial charge in [0.25, 0.3) is 0 Å². The Balaban J connectivity index is 2.24. The molecule has 0 aromatic carbocycles. The molecule has 0 aliphatic rings. The maximum Gasteiger partial charge on any atom is 0.138 e. The smallest absolute Gasteiger partial charge is 0.138 e. The Morgan fingerprint density at radius 3 is 2.83 bits per heavy atom. The van der Waals surface area contributed by atoms with Gasteiger partial charge in [0.15, 0.2) is 0 Å². The number of anilines is 1. The highest BCUT2D eigenvalue weighted by atomic mass is 35.5. The summed E-state index contributed by atoms with van der Waals surface area (Å²) in [6.45, 7) is 0.686. The molecule has 18 heavy (non-hydrogen) atoms. The molecule has 0 fully saturated rings. The molecule has 0 atom stereocenters. The van der Waals surface area contributed by atoms with Gasteiger partial charge in [-0.15, -0.1) is 11.6 Å². The standard InChI is InChI=1S/C12H12Cl2N4/c1-18(7-9-3-2-4-15-6-9)12-10(5-13)11(14)16-8-17-12/h2-4,6,8H,5,7H2,1H3. The Morgan fingerprint density at radius 2 is 2.17 bits per heavy atom. The lowest BCUT2D eigenvalue weighted by Gasteiger charge is -2.20. The van der Waals surface area contributed by atoms with E-state index in [4.69, 9.17) is 23.2 Å². The minimum Gasteiger partial charge on any atom is -0.355 e. The molecule has 2 heterocycles. The van der Waals surface area contributed by atoms with Crippen LogP contribution < -0.4 is 4.90 Å². The average Bonchev–Trinajstić information content (AvgIpc) is 2.39. The van der Waals surface area contributed by atoms with Gasteiger partial charge in [-0.2, -0.15) is 0 Å². The van der Waals surface area contributed by atoms with Crippen LogP contribution in [0.1, 0.15) is 11.1 Å². The number of aromatic nitrogens is 3. The van der Waals surface area contributed by atoms with E-state index in [2.05, 4.69) is 15.0 Å². The fourth-order valence-electron chi connectivity index (χ4n) is 1.67. The molecule has 2 aromatic rings. The summed E-state index contributed by atoms with van der Waals surface area (Å²) in [6, 6.07) is 3.91. The largest absolute Gasteiger partial charge is 0.355 e. The van der Waals surface area contributed by atoms with Gasteiger partial charge in [-0.1, -0.05) is 17.7 Å². The van der Waals surface area contributed by atoms with Gasteiger partial charge in [-0.25, -0.2) is 9.97 Å². The van der Waals surface area contributed by atoms with Crippen molar-refractivity contribution < 1.29 is 0 Å². The Labute approximate surface area is 116 Å². The molecule has 4 nitrogen and oxygen atoms in total. The van der Waals surface area contributed by atoms with E-state index in [0.29, 0.717) is 11.7 Å². The SMILES string of the molecule is CN(Cc1cccnc1)c1ncnc(Cl)c1CCl. The summed E-state index contributed by atoms with van der Waals surface area (Å²) in [5.74, 6) is 1.03. The summed E-state index contributed by atoms with van der Waals surface area (Å²) in [6.07, 6.45) is 5.00. The van der Waals surface area contributed by atoms with Crippen LogP contribution in [0, 0.1) is 0 Å². The summed E-state index contributed by atoms with van der Waals surface area (Å²) in [5.41, 5.74) is 1.84. The molecule has 2 rings (SSSR count). The first kappa shape index (κ1) is 13.1. The van der Waals surface area contributed by atoms with Crippen molar-refractivity contribution >= 4 is 29.0 Å². The minimum absolute atomic E-state index is 0.284. The highest BCUT2D eigenvalue weighted by Gasteiger charge is 2.13. The zero-order valence-electron chi connectivity index (χ0n) is 9.85. The van der Waals surface area contributed by atoms with Gasteiger partial charge in [0.05, 0.1) is 5.88 Å². The summed E-state index contributed by atoms with van der Waals surface area (Å²) in [4.78, 5) is 14.2. The van der Waals surface area contributed by atoms with E-state index in [9.17, 15) is 0 Å². The molecule has 0 N–H and O–H groups in total. The van der Waals surface area contributed by atoms with Gasteiger partial charge >= 0.3 is 0 Å². The minimum atomic E-state index is 0.284. The lowest BCUT2D eigenvalue weighted by atomic mass is 10.2. The Morgan fingerprint density at radius 1 is 1.33 bits per heavy atom. The van der Waals surface area contributed by atoms with Crippen molar-refractivity contribution in [1.29, 1.82) is 0 Å². The quantitative estimate of drug-likeness (QED) is 0.639. The summed E-state index contributed by atoms with van der Waals surface area (Å²) in [5, 5.41) is 0.396. The normalized spacial score (nSPS) is 10.4. The van der Waals surface area contributed by atoms with Crippen LogP contribution in [0.15, 0.2) is 30.9 Å². The summed E-state index contributed by atoms with van der Waals surface area (Å²) >= 11 is 11.9. The second-order valence-electron chi connectivity index (χ2n) is 3.82. The van der Waals surface area contributed by atoms with Gasteiger partial charge in [-0.05, 0) is 11.6 Å². The highest BCUT2D eigenvalue weighted by Crippen LogP contribution is 2.25. The second kappa shape index (κ2) is 5.98. The van der Waals surface area contributed by atoms with Gasteiger partial charge < -0.3 is 4.90 Å². The molecule has 0 saturated heterocycles. The van der Waals surface area contributed by atoms with E-state index >= 15 is 0 Å². The molecule has 0 bridgehead atoms. The van der Waals surface area contributed by atoms with Crippen LogP contribution in [-0.2, 0) is 12.4 Å². The molecule has 0 spiro atoms. The Bertz CT molecular complexity index is 519. The van der Waals surface area contributed by atoms with Crippen LogP contribution in [0.2, 0.25) is 5.15 Å². The molecular formula is C12H12Cl2N4. The van der Waals surface area contributed by atoms with Gasteiger partial charge in [0, 0.05) is 31.5 Å². The molecule has 0 amide bonds. The number of hydrogen-bond donors (Lipinski definition) is 0. The lowest BCUT2D eigenvalue weighted by Crippen LogP contribution is -2.19. The molecule has 6 heteroatoms. The lowest BCUT2D eigenvalue weighted by molar-refractivity contribution is 0.875. The van der Waals surface area contributed by atoms with Crippen molar-refractivity contribution in [2.45, 2.75) is 12.4 Å². The monoisotopic (exact) mass is 282 g/mol. The van der Waals surface area contributed by atoms with Gasteiger partial charge in [0.1, 0.15) is 17.3 Å². The van der Waals surface area contributed by atoms with Crippen molar-refractivity contribution in [3.63, 3.8) is 0 Å². The number of pyridine rings is 1. The average molecular weight is 283 g/mol. The third-order valence-electron chi connectivity index (χ3n) is 2.51. The van der Waals surface area contributed by atoms with E-state index in [-0.39, 0.29) is 5.88 Å². The molecule has 2 aromatic heterocycles. The van der Waals surface area contributed by atoms with Crippen molar-refractivity contribution in [2.75, 3.05) is 11.9 Å². The van der Waals surface area contributed by atoms with Crippen LogP contribution >= 0.6 is 23.2 Å². The topological polar surface area (TPSA) is 41.9 Å². The number of nitrogens with zero attached hydrogens (tertiary/aromatic N) is 4. The van der Waals surface area contributed by atoms with Gasteiger partial charge in [0.2, 0.25) is 0 Å². The first-order chi connectivity index (χ1) is 8.72. The van der Waals surface area contributed by atoms with Crippen LogP contribution in [0.25, 0.3) is 0 Å². The third kappa shape index (κ3) is 2.89. The van der Waals surface area contributed by atoms with E-state index < -0.39 is 0 Å². The summed E-state index contributed by atoms with van der Waals surface area (Å²) in [7, 11) is 1.93. The van der Waals surface area contributed by atoms with Crippen molar-refractivity contribution in [1.82, 2.24) is 15.0 Å². The number of hydrogen-bond acceptors (Lipinski definition) is 4. The third-order valence-corrected chi connectivity index (χ3v) is 3.10. The molecule has 0 unspecified atom stereocenters. The fourth-order valence-corrected chi connectivity index (χ4v) is 2.18. The molecular weight excluding hydrogens is 271 g/mol. The molecule has 0 radical (unpaired) electrons. The van der Waals surface area contributed by atoms with Crippen LogP contribution in [0.3, 0.4) is 0 Å². The van der Waals surface area contributed by atoms with Crippen molar-refractivity contribution in [3.05, 3.63) is 47.1 Å². The van der Waals surface area contributed by atoms with E-state index in [1.165, 1.54) is 6.33 Å². The zero-order chi connectivity index (χ0) is 13.0. The van der Waals surface area contributed by atoms with Gasteiger partial charge in [-0.3, -0.25) is 4.98 Å². The number of halogens is 2. The molecule has 94 valence electrons. The predicted molar refractivity (Wildman–Crippen MR) is 72.9 cm³/mol. The molecule has 0 aliphatic carbocycles. The van der Waals surface area contributed by atoms with Crippen molar-refractivity contribution in [3.8, 4) is 0 Å². The van der Waals surface area contributed by atoms with E-state index in [1.54, 1.807) is 6.20 Å². The first-order valence-corrected chi connectivity index (χ1v) is 6.29. The Kier molecular flexibility index (Phi) is 4.33. The zero-order valence-corrected chi connectivity index (χ0v) is 11.4. The summed E-state index contributed by atoms with van der Waals surface area (Å²) < 4.78 is 0. The molecule has 0 saturated carbocycles. The predicted octanol–water partition coefficient (Wildman–Crippen LogP) is 2.90. The fraction of sp³-hybridized carbons (Fsp3) is 0.250. The highest BCUT2D eigenvalue weighted by molar-refractivity contribution is 6.31. The maximum absolute atomic E-state index is 6.00. The van der Waals surface area contributed by atoms with Crippen LogP contribution in [0.4, 0.5) is 5.82 Å². The van der Waals surface area contributed by atoms with Crippen LogP contribution in [-0.4, -0.2) is 22.0 Å². The van der Waals surface area contributed by atoms with Crippen LogP contribution in [0.5, 0.6) is 0 Å². The molecule has 0 aliphatic heterocycles. The Hall–Kier alpha value is -1.39.